The molecule has 1 heterocycles. The summed E-state index contributed by atoms with van der Waals surface area (Å²) in [5.41, 5.74) is 2.04. The molecule has 1 aliphatic carbocycles. The van der Waals surface area contributed by atoms with Gasteiger partial charge in [-0.15, -0.1) is 0 Å². The summed E-state index contributed by atoms with van der Waals surface area (Å²) in [6.07, 6.45) is 6.81. The summed E-state index contributed by atoms with van der Waals surface area (Å²) in [5, 5.41) is 8.77. The zero-order valence-electron chi connectivity index (χ0n) is 12.3. The van der Waals surface area contributed by atoms with Gasteiger partial charge in [0, 0.05) is 30.8 Å². The molecule has 1 aromatic carbocycles. The minimum absolute atomic E-state index is 0.708. The normalized spacial score (nSPS) is 24.8. The highest BCUT2D eigenvalue weighted by Crippen LogP contribution is 2.38. The highest BCUT2D eigenvalue weighted by molar-refractivity contribution is 5.86. The lowest BCUT2D eigenvalue weighted by Gasteiger charge is -2.27. The van der Waals surface area contributed by atoms with Crippen LogP contribution in [0.4, 0.5) is 0 Å². The van der Waals surface area contributed by atoms with Gasteiger partial charge in [-0.05, 0) is 49.0 Å². The highest BCUT2D eigenvalue weighted by Gasteiger charge is 2.37. The van der Waals surface area contributed by atoms with Crippen molar-refractivity contribution in [2.45, 2.75) is 31.8 Å². The van der Waals surface area contributed by atoms with Crippen LogP contribution in [0, 0.1) is 5.92 Å². The number of nitrogens with zero attached hydrogens (tertiary/aromatic N) is 1. The lowest BCUT2D eigenvalue weighted by Crippen LogP contribution is -2.31. The largest absolute Gasteiger partial charge is 0.496 e. The number of piperidine rings is 1. The van der Waals surface area contributed by atoms with Gasteiger partial charge in [-0.25, -0.2) is 4.79 Å². The molecule has 112 valence electrons. The van der Waals surface area contributed by atoms with Gasteiger partial charge in [0.15, 0.2) is 0 Å². The fraction of sp³-hybridized carbons (Fsp3) is 0.471. The first-order chi connectivity index (χ1) is 10.2. The first-order valence-electron chi connectivity index (χ1n) is 7.47. The number of rotatable bonds is 5. The number of carboxylic acids is 1. The Morgan fingerprint density at radius 3 is 2.95 bits per heavy atom. The summed E-state index contributed by atoms with van der Waals surface area (Å²) in [7, 11) is 1.60. The van der Waals surface area contributed by atoms with Crippen molar-refractivity contribution in [2.75, 3.05) is 13.7 Å². The third-order valence-electron chi connectivity index (χ3n) is 4.61. The van der Waals surface area contributed by atoms with Crippen molar-refractivity contribution < 1.29 is 14.6 Å². The molecule has 4 heteroatoms. The molecule has 0 spiro atoms. The smallest absolute Gasteiger partial charge is 0.328 e. The van der Waals surface area contributed by atoms with Gasteiger partial charge in [0.2, 0.25) is 0 Å². The fourth-order valence-corrected chi connectivity index (χ4v) is 3.63. The van der Waals surface area contributed by atoms with Gasteiger partial charge in [-0.3, -0.25) is 4.90 Å². The first-order valence-corrected chi connectivity index (χ1v) is 7.47. The summed E-state index contributed by atoms with van der Waals surface area (Å²) in [6, 6.07) is 6.77. The lowest BCUT2D eigenvalue weighted by molar-refractivity contribution is -0.131. The van der Waals surface area contributed by atoms with Gasteiger partial charge in [0.1, 0.15) is 5.75 Å². The van der Waals surface area contributed by atoms with Gasteiger partial charge in [0.05, 0.1) is 7.11 Å². The van der Waals surface area contributed by atoms with E-state index in [1.165, 1.54) is 31.4 Å². The summed E-state index contributed by atoms with van der Waals surface area (Å²) >= 11 is 0. The molecule has 2 aliphatic rings. The number of methoxy groups -OCH3 is 1. The number of benzene rings is 1. The Balaban J connectivity index is 1.76. The number of hydrogen-bond donors (Lipinski definition) is 1. The molecule has 1 aliphatic heterocycles. The van der Waals surface area contributed by atoms with Crippen LogP contribution < -0.4 is 4.74 Å². The molecule has 1 saturated heterocycles. The minimum atomic E-state index is -0.945. The quantitative estimate of drug-likeness (QED) is 0.846. The molecule has 0 radical (unpaired) electrons. The predicted molar refractivity (Wildman–Crippen MR) is 81.2 cm³/mol. The first kappa shape index (κ1) is 14.1. The molecule has 3 rings (SSSR count). The van der Waals surface area contributed by atoms with Gasteiger partial charge < -0.3 is 9.84 Å². The molecular weight excluding hydrogens is 266 g/mol. The fourth-order valence-electron chi connectivity index (χ4n) is 3.63. The van der Waals surface area contributed by atoms with E-state index in [9.17, 15) is 4.79 Å². The van der Waals surface area contributed by atoms with Gasteiger partial charge >= 0.3 is 5.97 Å². The van der Waals surface area contributed by atoms with E-state index in [1.807, 2.05) is 12.1 Å². The summed E-state index contributed by atoms with van der Waals surface area (Å²) < 4.78 is 5.29. The molecule has 2 fully saturated rings. The lowest BCUT2D eigenvalue weighted by atomic mass is 10.1. The van der Waals surface area contributed by atoms with E-state index < -0.39 is 5.97 Å². The Morgan fingerprint density at radius 2 is 2.33 bits per heavy atom. The van der Waals surface area contributed by atoms with E-state index >= 15 is 0 Å². The molecule has 1 saturated carbocycles. The van der Waals surface area contributed by atoms with E-state index in [0.717, 1.165) is 30.1 Å². The van der Waals surface area contributed by atoms with Crippen LogP contribution in [0.2, 0.25) is 0 Å². The van der Waals surface area contributed by atoms with Crippen molar-refractivity contribution in [2.24, 2.45) is 5.92 Å². The number of ether oxygens (including phenoxy) is 1. The summed E-state index contributed by atoms with van der Waals surface area (Å²) in [4.78, 5) is 13.2. The summed E-state index contributed by atoms with van der Waals surface area (Å²) in [6.45, 7) is 2.15. The van der Waals surface area contributed by atoms with Crippen LogP contribution in [0.3, 0.4) is 0 Å². The molecule has 1 N–H and O–H groups in total. The number of fused-ring (bicyclic) bond motifs is 2. The Labute approximate surface area is 125 Å². The molecule has 2 atom stereocenters. The van der Waals surface area contributed by atoms with E-state index in [1.54, 1.807) is 13.2 Å². The molecule has 1 aromatic rings. The third kappa shape index (κ3) is 3.10. The van der Waals surface area contributed by atoms with E-state index in [0.29, 0.717) is 5.75 Å². The maximum atomic E-state index is 10.7. The van der Waals surface area contributed by atoms with Gasteiger partial charge in [-0.2, -0.15) is 0 Å². The molecule has 2 unspecified atom stereocenters. The zero-order valence-corrected chi connectivity index (χ0v) is 12.3. The van der Waals surface area contributed by atoms with Crippen LogP contribution in [0.1, 0.15) is 30.4 Å². The SMILES string of the molecule is COc1ccc(CN2CC3CCC2C3)cc1C=CC(=O)O. The second-order valence-electron chi connectivity index (χ2n) is 6.01. The zero-order chi connectivity index (χ0) is 14.8. The average molecular weight is 287 g/mol. The predicted octanol–water partition coefficient (Wildman–Crippen LogP) is 2.78. The van der Waals surface area contributed by atoms with Crippen LogP contribution >= 0.6 is 0 Å². The number of carbonyl (C=O) groups is 1. The van der Waals surface area contributed by atoms with Crippen molar-refractivity contribution in [3.63, 3.8) is 0 Å². The Kier molecular flexibility index (Phi) is 3.97. The third-order valence-corrected chi connectivity index (χ3v) is 4.61. The van der Waals surface area contributed by atoms with Crippen LogP contribution in [0.5, 0.6) is 5.75 Å². The van der Waals surface area contributed by atoms with Crippen molar-refractivity contribution >= 4 is 12.0 Å². The number of hydrogen-bond acceptors (Lipinski definition) is 3. The number of aliphatic carboxylic acids is 1. The molecular formula is C17H21NO3. The van der Waals surface area contributed by atoms with E-state index in [4.69, 9.17) is 9.84 Å². The Hall–Kier alpha value is -1.81. The minimum Gasteiger partial charge on any atom is -0.496 e. The monoisotopic (exact) mass is 287 g/mol. The molecule has 2 bridgehead atoms. The van der Waals surface area contributed by atoms with E-state index in [2.05, 4.69) is 11.0 Å². The van der Waals surface area contributed by atoms with E-state index in [-0.39, 0.29) is 0 Å². The van der Waals surface area contributed by atoms with Crippen molar-refractivity contribution in [3.05, 3.63) is 35.4 Å². The Morgan fingerprint density at radius 1 is 1.48 bits per heavy atom. The average Bonchev–Trinajstić information content (AvgIpc) is 3.08. The number of likely N-dealkylation sites (tertiary alicyclic amines) is 1. The second-order valence-corrected chi connectivity index (χ2v) is 6.01. The molecule has 21 heavy (non-hydrogen) atoms. The topological polar surface area (TPSA) is 49.8 Å². The molecule has 0 aromatic heterocycles. The van der Waals surface area contributed by atoms with Crippen molar-refractivity contribution in [3.8, 4) is 5.75 Å². The van der Waals surface area contributed by atoms with Crippen LogP contribution in [0.25, 0.3) is 6.08 Å². The second kappa shape index (κ2) is 5.90. The van der Waals surface area contributed by atoms with Crippen LogP contribution in [-0.2, 0) is 11.3 Å². The van der Waals surface area contributed by atoms with Crippen LogP contribution in [0.15, 0.2) is 24.3 Å². The maximum absolute atomic E-state index is 10.7. The maximum Gasteiger partial charge on any atom is 0.328 e. The molecule has 0 amide bonds. The number of carboxylic acid groups (broad SMARTS) is 1. The van der Waals surface area contributed by atoms with Gasteiger partial charge in [-0.1, -0.05) is 6.07 Å². The summed E-state index contributed by atoms with van der Waals surface area (Å²) in [5.74, 6) is 0.651. The highest BCUT2D eigenvalue weighted by atomic mass is 16.5. The van der Waals surface area contributed by atoms with Crippen molar-refractivity contribution in [1.82, 2.24) is 4.90 Å². The molecule has 4 nitrogen and oxygen atoms in total. The van der Waals surface area contributed by atoms with Gasteiger partial charge in [0.25, 0.3) is 0 Å². The van der Waals surface area contributed by atoms with Crippen LogP contribution in [-0.4, -0.2) is 35.7 Å². The van der Waals surface area contributed by atoms with Crippen molar-refractivity contribution in [1.29, 1.82) is 0 Å². The standard InChI is InChI=1S/C17H21NO3/c1-21-16-6-3-12(8-14(16)4-7-17(19)20)10-18-11-13-2-5-15(18)9-13/h3-4,6-8,13,15H,2,5,9-11H2,1H3,(H,19,20). The Bertz CT molecular complexity index is 567.